The number of hydrogen-bond donors (Lipinski definition) is 1. The summed E-state index contributed by atoms with van der Waals surface area (Å²) in [6, 6.07) is 11.5. The smallest absolute Gasteiger partial charge is 0.0348 e. The molecule has 0 fully saturated rings. The van der Waals surface area contributed by atoms with Gasteiger partial charge in [-0.3, -0.25) is 0 Å². The molecule has 0 aliphatic heterocycles. The van der Waals surface area contributed by atoms with Crippen molar-refractivity contribution in [1.82, 2.24) is 5.32 Å². The molecule has 0 saturated carbocycles. The van der Waals surface area contributed by atoms with Gasteiger partial charge < -0.3 is 5.32 Å². The summed E-state index contributed by atoms with van der Waals surface area (Å²) in [4.78, 5) is 0. The lowest BCUT2D eigenvalue weighted by Crippen LogP contribution is -2.36. The van der Waals surface area contributed by atoms with Gasteiger partial charge >= 0.3 is 0 Å². The molecule has 1 aliphatic carbocycles. The Morgan fingerprint density at radius 2 is 1.95 bits per heavy atom. The van der Waals surface area contributed by atoms with Crippen molar-refractivity contribution in [3.05, 3.63) is 47.5 Å². The van der Waals surface area contributed by atoms with Crippen LogP contribution >= 0.6 is 0 Å². The van der Waals surface area contributed by atoms with Crippen molar-refractivity contribution in [3.63, 3.8) is 0 Å². The van der Waals surface area contributed by atoms with Gasteiger partial charge in [-0.15, -0.1) is 0 Å². The van der Waals surface area contributed by atoms with Gasteiger partial charge in [0.25, 0.3) is 0 Å². The first-order chi connectivity index (χ1) is 9.36. The van der Waals surface area contributed by atoms with Gasteiger partial charge in [-0.25, -0.2) is 0 Å². The minimum atomic E-state index is 0.537. The average molecular weight is 257 g/mol. The lowest BCUT2D eigenvalue weighted by molar-refractivity contribution is 0.461. The molecule has 0 bridgehead atoms. The quantitative estimate of drug-likeness (QED) is 0.701. The standard InChI is InChI=1S/C18H27N/c1-3-14-19-18(16-12-8-9-13-16)17(4-2)15-10-6-5-7-11-15/h5-7,10-12,17-19H,3-4,8-9,13-14H2,1-2H3. The number of benzene rings is 1. The maximum atomic E-state index is 3.79. The minimum Gasteiger partial charge on any atom is -0.310 e. The fraction of sp³-hybridized carbons (Fsp3) is 0.556. The zero-order valence-corrected chi connectivity index (χ0v) is 12.4. The Labute approximate surface area is 118 Å². The highest BCUT2D eigenvalue weighted by Crippen LogP contribution is 2.32. The van der Waals surface area contributed by atoms with Crippen LogP contribution in [0.15, 0.2) is 42.0 Å². The normalized spacial score (nSPS) is 18.1. The highest BCUT2D eigenvalue weighted by atomic mass is 14.9. The Balaban J connectivity index is 2.19. The van der Waals surface area contributed by atoms with Crippen LogP contribution in [0.3, 0.4) is 0 Å². The number of nitrogens with one attached hydrogen (secondary N) is 1. The van der Waals surface area contributed by atoms with Crippen LogP contribution in [0.25, 0.3) is 0 Å². The van der Waals surface area contributed by atoms with Crippen molar-refractivity contribution in [2.45, 2.75) is 57.9 Å². The molecule has 0 amide bonds. The molecule has 0 radical (unpaired) electrons. The van der Waals surface area contributed by atoms with Gasteiger partial charge in [-0.1, -0.05) is 55.8 Å². The molecule has 1 nitrogen and oxygen atoms in total. The van der Waals surface area contributed by atoms with E-state index in [-0.39, 0.29) is 0 Å². The molecule has 1 aliphatic rings. The first-order valence-corrected chi connectivity index (χ1v) is 7.84. The zero-order chi connectivity index (χ0) is 13.5. The fourth-order valence-electron chi connectivity index (χ4n) is 3.17. The molecule has 0 aromatic heterocycles. The summed E-state index contributed by atoms with van der Waals surface area (Å²) in [5, 5.41) is 3.79. The molecule has 19 heavy (non-hydrogen) atoms. The van der Waals surface area contributed by atoms with Gasteiger partial charge in [-0.05, 0) is 44.2 Å². The van der Waals surface area contributed by atoms with E-state index in [4.69, 9.17) is 0 Å². The van der Waals surface area contributed by atoms with Gasteiger partial charge in [0.2, 0.25) is 0 Å². The molecule has 104 valence electrons. The molecule has 0 saturated heterocycles. The van der Waals surface area contributed by atoms with Gasteiger partial charge in [0.05, 0.1) is 0 Å². The molecule has 2 atom stereocenters. The second kappa shape index (κ2) is 7.49. The summed E-state index contributed by atoms with van der Waals surface area (Å²) in [6.45, 7) is 5.68. The van der Waals surface area contributed by atoms with E-state index in [1.54, 1.807) is 5.57 Å². The van der Waals surface area contributed by atoms with Gasteiger partial charge in [-0.2, -0.15) is 0 Å². The van der Waals surface area contributed by atoms with Crippen LogP contribution in [0.1, 0.15) is 57.4 Å². The van der Waals surface area contributed by atoms with Crippen LogP contribution < -0.4 is 5.32 Å². The second-order valence-electron chi connectivity index (χ2n) is 5.53. The molecule has 2 rings (SSSR count). The summed E-state index contributed by atoms with van der Waals surface area (Å²) in [5.74, 6) is 0.608. The summed E-state index contributed by atoms with van der Waals surface area (Å²) >= 11 is 0. The number of allylic oxidation sites excluding steroid dienone is 1. The van der Waals surface area contributed by atoms with E-state index < -0.39 is 0 Å². The summed E-state index contributed by atoms with van der Waals surface area (Å²) in [5.41, 5.74) is 3.12. The van der Waals surface area contributed by atoms with Crippen LogP contribution in [-0.2, 0) is 0 Å². The minimum absolute atomic E-state index is 0.537. The van der Waals surface area contributed by atoms with Crippen LogP contribution in [0.2, 0.25) is 0 Å². The molecule has 1 heteroatoms. The Kier molecular flexibility index (Phi) is 5.65. The van der Waals surface area contributed by atoms with Crippen LogP contribution in [0.5, 0.6) is 0 Å². The SMILES string of the molecule is CCCNC(C1=CCCC1)C(CC)c1ccccc1. The highest BCUT2D eigenvalue weighted by Gasteiger charge is 2.25. The molecular weight excluding hydrogens is 230 g/mol. The molecular formula is C18H27N. The van der Waals surface area contributed by atoms with E-state index in [0.717, 1.165) is 6.54 Å². The van der Waals surface area contributed by atoms with Crippen molar-refractivity contribution >= 4 is 0 Å². The van der Waals surface area contributed by atoms with Crippen molar-refractivity contribution in [2.75, 3.05) is 6.54 Å². The van der Waals surface area contributed by atoms with E-state index in [1.807, 2.05) is 0 Å². The van der Waals surface area contributed by atoms with Gasteiger partial charge in [0.15, 0.2) is 0 Å². The lowest BCUT2D eigenvalue weighted by Gasteiger charge is -2.29. The molecule has 1 N–H and O–H groups in total. The second-order valence-corrected chi connectivity index (χ2v) is 5.53. The van der Waals surface area contributed by atoms with E-state index in [2.05, 4.69) is 55.6 Å². The summed E-state index contributed by atoms with van der Waals surface area (Å²) in [7, 11) is 0. The first-order valence-electron chi connectivity index (χ1n) is 7.84. The molecule has 0 heterocycles. The van der Waals surface area contributed by atoms with Crippen molar-refractivity contribution in [2.24, 2.45) is 0 Å². The van der Waals surface area contributed by atoms with Gasteiger partial charge in [0, 0.05) is 12.0 Å². The van der Waals surface area contributed by atoms with Crippen LogP contribution in [0, 0.1) is 0 Å². The third kappa shape index (κ3) is 3.70. The largest absolute Gasteiger partial charge is 0.310 e. The Bertz CT molecular complexity index is 393. The molecule has 2 unspecified atom stereocenters. The van der Waals surface area contributed by atoms with E-state index in [1.165, 1.54) is 37.7 Å². The van der Waals surface area contributed by atoms with E-state index in [0.29, 0.717) is 12.0 Å². The fourth-order valence-corrected chi connectivity index (χ4v) is 3.17. The van der Waals surface area contributed by atoms with Crippen LogP contribution in [-0.4, -0.2) is 12.6 Å². The van der Waals surface area contributed by atoms with Crippen LogP contribution in [0.4, 0.5) is 0 Å². The Hall–Kier alpha value is -1.08. The van der Waals surface area contributed by atoms with Crippen molar-refractivity contribution in [1.29, 1.82) is 0 Å². The summed E-state index contributed by atoms with van der Waals surface area (Å²) in [6.07, 6.45) is 8.76. The Morgan fingerprint density at radius 3 is 2.53 bits per heavy atom. The third-order valence-corrected chi connectivity index (χ3v) is 4.16. The molecule has 1 aromatic rings. The van der Waals surface area contributed by atoms with Crippen molar-refractivity contribution in [3.8, 4) is 0 Å². The number of rotatable bonds is 7. The van der Waals surface area contributed by atoms with E-state index >= 15 is 0 Å². The third-order valence-electron chi connectivity index (χ3n) is 4.16. The number of hydrogen-bond acceptors (Lipinski definition) is 1. The maximum absolute atomic E-state index is 3.79. The molecule has 0 spiro atoms. The van der Waals surface area contributed by atoms with Crippen molar-refractivity contribution < 1.29 is 0 Å². The van der Waals surface area contributed by atoms with E-state index in [9.17, 15) is 0 Å². The Morgan fingerprint density at radius 1 is 1.16 bits per heavy atom. The lowest BCUT2D eigenvalue weighted by atomic mass is 9.84. The maximum Gasteiger partial charge on any atom is 0.0348 e. The topological polar surface area (TPSA) is 12.0 Å². The monoisotopic (exact) mass is 257 g/mol. The zero-order valence-electron chi connectivity index (χ0n) is 12.4. The highest BCUT2D eigenvalue weighted by molar-refractivity contribution is 5.28. The predicted molar refractivity (Wildman–Crippen MR) is 83.5 cm³/mol. The van der Waals surface area contributed by atoms with Gasteiger partial charge in [0.1, 0.15) is 0 Å². The average Bonchev–Trinajstić information content (AvgIpc) is 2.98. The predicted octanol–water partition coefficient (Wildman–Crippen LogP) is 4.66. The first kappa shape index (κ1) is 14.3. The summed E-state index contributed by atoms with van der Waals surface area (Å²) < 4.78 is 0. The molecule has 1 aromatic carbocycles.